The number of fused-ring (bicyclic) bond motifs is 2. The van der Waals surface area contributed by atoms with Gasteiger partial charge in [0.05, 0.1) is 11.8 Å². The lowest BCUT2D eigenvalue weighted by molar-refractivity contribution is 0.0701. The Morgan fingerprint density at radius 1 is 0.871 bits per heavy atom. The van der Waals surface area contributed by atoms with E-state index in [1.54, 1.807) is 30.3 Å². The first-order valence-electron chi connectivity index (χ1n) is 9.05. The molecular formula is C23H11BrO7. The molecule has 5 aromatic rings. The summed E-state index contributed by atoms with van der Waals surface area (Å²) in [5, 5.41) is 1.17. The number of esters is 1. The molecule has 3 heterocycles. The molecule has 0 amide bonds. The van der Waals surface area contributed by atoms with E-state index in [2.05, 4.69) is 15.9 Å². The third-order valence-corrected chi connectivity index (χ3v) is 5.13. The largest absolute Gasteiger partial charge is 0.457 e. The quantitative estimate of drug-likeness (QED) is 0.201. The third kappa shape index (κ3) is 3.57. The number of furan rings is 1. The third-order valence-electron chi connectivity index (χ3n) is 4.63. The first-order valence-corrected chi connectivity index (χ1v) is 9.85. The van der Waals surface area contributed by atoms with Crippen molar-refractivity contribution in [2.24, 2.45) is 0 Å². The molecule has 0 atom stereocenters. The number of rotatable bonds is 3. The summed E-state index contributed by atoms with van der Waals surface area (Å²) in [5.41, 5.74) is -0.104. The zero-order chi connectivity index (χ0) is 21.5. The van der Waals surface area contributed by atoms with Crippen LogP contribution in [0.15, 0.2) is 94.2 Å². The van der Waals surface area contributed by atoms with E-state index < -0.39 is 17.2 Å². The molecule has 0 bridgehead atoms. The summed E-state index contributed by atoms with van der Waals surface area (Å²) < 4.78 is 21.8. The van der Waals surface area contributed by atoms with Crippen LogP contribution in [0, 0.1) is 0 Å². The Kier molecular flexibility index (Phi) is 4.56. The van der Waals surface area contributed by atoms with Crippen LogP contribution < -0.4 is 16.0 Å². The van der Waals surface area contributed by atoms with E-state index in [1.807, 2.05) is 6.07 Å². The number of carbonyl (C=O) groups is 1. The van der Waals surface area contributed by atoms with E-state index in [9.17, 15) is 14.4 Å². The maximum Gasteiger partial charge on any atom is 0.379 e. The fourth-order valence-electron chi connectivity index (χ4n) is 3.26. The van der Waals surface area contributed by atoms with Gasteiger partial charge in [0.25, 0.3) is 0 Å². The van der Waals surface area contributed by atoms with Crippen molar-refractivity contribution in [1.82, 2.24) is 0 Å². The summed E-state index contributed by atoms with van der Waals surface area (Å²) in [6, 6.07) is 15.7. The van der Waals surface area contributed by atoms with Gasteiger partial charge in [-0.05, 0) is 48.5 Å². The van der Waals surface area contributed by atoms with Crippen LogP contribution in [0.25, 0.3) is 33.1 Å². The molecule has 2 aromatic carbocycles. The molecule has 152 valence electrons. The van der Waals surface area contributed by atoms with Gasteiger partial charge in [-0.3, -0.25) is 0 Å². The summed E-state index contributed by atoms with van der Waals surface area (Å²) in [6.45, 7) is 0. The van der Waals surface area contributed by atoms with Gasteiger partial charge in [0, 0.05) is 32.9 Å². The Labute approximate surface area is 181 Å². The molecule has 0 fully saturated rings. The van der Waals surface area contributed by atoms with E-state index in [0.29, 0.717) is 21.9 Å². The lowest BCUT2D eigenvalue weighted by atomic mass is 10.0. The highest BCUT2D eigenvalue weighted by molar-refractivity contribution is 9.10. The number of hydrogen-bond acceptors (Lipinski definition) is 7. The van der Waals surface area contributed by atoms with E-state index in [-0.39, 0.29) is 22.7 Å². The second kappa shape index (κ2) is 7.41. The number of carbonyl (C=O) groups excluding carboxylic acids is 1. The molecule has 0 spiro atoms. The predicted molar refractivity (Wildman–Crippen MR) is 115 cm³/mol. The monoisotopic (exact) mass is 478 g/mol. The van der Waals surface area contributed by atoms with Gasteiger partial charge in [-0.1, -0.05) is 15.9 Å². The van der Waals surface area contributed by atoms with Crippen molar-refractivity contribution >= 4 is 43.8 Å². The van der Waals surface area contributed by atoms with Gasteiger partial charge in [-0.25, -0.2) is 14.4 Å². The number of halogens is 1. The van der Waals surface area contributed by atoms with Crippen LogP contribution in [-0.4, -0.2) is 5.97 Å². The van der Waals surface area contributed by atoms with E-state index >= 15 is 0 Å². The van der Waals surface area contributed by atoms with Crippen LogP contribution in [0.5, 0.6) is 5.75 Å². The molecule has 0 radical (unpaired) electrons. The van der Waals surface area contributed by atoms with Crippen LogP contribution in [0.1, 0.15) is 10.6 Å². The summed E-state index contributed by atoms with van der Waals surface area (Å²) in [7, 11) is 0. The highest BCUT2D eigenvalue weighted by atomic mass is 79.9. The number of hydrogen-bond donors (Lipinski definition) is 0. The molecule has 31 heavy (non-hydrogen) atoms. The van der Waals surface area contributed by atoms with Crippen LogP contribution in [0.4, 0.5) is 0 Å². The molecule has 7 nitrogen and oxygen atoms in total. The Hall–Kier alpha value is -3.91. The molecule has 0 N–H and O–H groups in total. The van der Waals surface area contributed by atoms with E-state index in [4.69, 9.17) is 18.0 Å². The van der Waals surface area contributed by atoms with Gasteiger partial charge in [0.15, 0.2) is 0 Å². The fourth-order valence-corrected chi connectivity index (χ4v) is 3.64. The molecule has 0 aliphatic heterocycles. The molecule has 5 rings (SSSR count). The normalized spacial score (nSPS) is 11.1. The fraction of sp³-hybridized carbons (Fsp3) is 0. The van der Waals surface area contributed by atoms with Gasteiger partial charge in [0.1, 0.15) is 16.9 Å². The van der Waals surface area contributed by atoms with Crippen molar-refractivity contribution in [1.29, 1.82) is 0 Å². The van der Waals surface area contributed by atoms with Crippen molar-refractivity contribution in [3.63, 3.8) is 0 Å². The number of benzene rings is 2. The molecule has 0 aliphatic carbocycles. The average molecular weight is 479 g/mol. The summed E-state index contributed by atoms with van der Waals surface area (Å²) in [4.78, 5) is 36.9. The molecule has 0 saturated heterocycles. The highest BCUT2D eigenvalue weighted by Gasteiger charge is 2.16. The molecule has 8 heteroatoms. The second-order valence-corrected chi connectivity index (χ2v) is 7.55. The van der Waals surface area contributed by atoms with Gasteiger partial charge in [-0.15, -0.1) is 0 Å². The lowest BCUT2D eigenvalue weighted by Crippen LogP contribution is -2.08. The molecular weight excluding hydrogens is 468 g/mol. The number of ether oxygens (including phenoxy) is 1. The van der Waals surface area contributed by atoms with Gasteiger partial charge >= 0.3 is 17.2 Å². The smallest absolute Gasteiger partial charge is 0.379 e. The lowest BCUT2D eigenvalue weighted by Gasteiger charge is -2.08. The highest BCUT2D eigenvalue weighted by Crippen LogP contribution is 2.30. The summed E-state index contributed by atoms with van der Waals surface area (Å²) >= 11 is 3.39. The standard InChI is InChI=1S/C23H11BrO7/c24-13-3-6-18-12(8-13)9-17(22(26)31-18)16-11-21(25)30-20-10-14(4-5-15(16)20)29-23(27)19-2-1-7-28-19/h1-11H. The first kappa shape index (κ1) is 19.1. The minimum Gasteiger partial charge on any atom is -0.457 e. The van der Waals surface area contributed by atoms with E-state index in [0.717, 1.165) is 4.47 Å². The first-order chi connectivity index (χ1) is 15.0. The minimum absolute atomic E-state index is 0.0373. The predicted octanol–water partition coefficient (Wildman–Crippen LogP) is 5.14. The van der Waals surface area contributed by atoms with Crippen molar-refractivity contribution < 1.29 is 22.8 Å². The topological polar surface area (TPSA) is 99.9 Å². The zero-order valence-electron chi connectivity index (χ0n) is 15.6. The zero-order valence-corrected chi connectivity index (χ0v) is 17.2. The minimum atomic E-state index is -0.691. The van der Waals surface area contributed by atoms with Gasteiger partial charge < -0.3 is 18.0 Å². The van der Waals surface area contributed by atoms with Crippen LogP contribution >= 0.6 is 15.9 Å². The SMILES string of the molecule is O=C(Oc1ccc2c(-c3cc4cc(Br)ccc4oc3=O)cc(=O)oc2c1)c1ccco1. The van der Waals surface area contributed by atoms with Crippen LogP contribution in [-0.2, 0) is 0 Å². The van der Waals surface area contributed by atoms with Crippen molar-refractivity contribution in [2.75, 3.05) is 0 Å². The van der Waals surface area contributed by atoms with Crippen molar-refractivity contribution in [3.8, 4) is 16.9 Å². The maximum atomic E-state index is 12.6. The molecule has 0 saturated carbocycles. The van der Waals surface area contributed by atoms with Crippen LogP contribution in [0.2, 0.25) is 0 Å². The van der Waals surface area contributed by atoms with Crippen molar-refractivity contribution in [3.05, 3.63) is 98.0 Å². The molecule has 0 unspecified atom stereocenters. The Bertz CT molecular complexity index is 1580. The Morgan fingerprint density at radius 3 is 2.55 bits per heavy atom. The van der Waals surface area contributed by atoms with E-state index in [1.165, 1.54) is 30.5 Å². The Morgan fingerprint density at radius 2 is 1.74 bits per heavy atom. The Balaban J connectivity index is 1.64. The average Bonchev–Trinajstić information content (AvgIpc) is 3.28. The summed E-state index contributed by atoms with van der Waals surface area (Å²) in [5.74, 6) is -0.498. The van der Waals surface area contributed by atoms with Crippen LogP contribution in [0.3, 0.4) is 0 Å². The molecule has 0 aliphatic rings. The summed E-state index contributed by atoms with van der Waals surface area (Å²) in [6.07, 6.45) is 1.36. The molecule has 3 aromatic heterocycles. The maximum absolute atomic E-state index is 12.6. The second-order valence-electron chi connectivity index (χ2n) is 6.63. The van der Waals surface area contributed by atoms with Crippen molar-refractivity contribution in [2.45, 2.75) is 0 Å². The van der Waals surface area contributed by atoms with Gasteiger partial charge in [0.2, 0.25) is 5.76 Å². The van der Waals surface area contributed by atoms with Gasteiger partial charge in [-0.2, -0.15) is 0 Å².